The Labute approximate surface area is 161 Å². The van der Waals surface area contributed by atoms with Crippen LogP contribution in [0.4, 0.5) is 5.69 Å². The zero-order chi connectivity index (χ0) is 19.3. The van der Waals surface area contributed by atoms with Crippen molar-refractivity contribution in [3.8, 4) is 0 Å². The van der Waals surface area contributed by atoms with Gasteiger partial charge in [-0.3, -0.25) is 9.69 Å². The smallest absolute Gasteiger partial charge is 0.228 e. The Hall–Kier alpha value is -1.48. The summed E-state index contributed by atoms with van der Waals surface area (Å²) in [4.78, 5) is 16.8. The first-order valence-corrected chi connectivity index (χ1v) is 11.4. The highest BCUT2D eigenvalue weighted by Gasteiger charge is 2.25. The van der Waals surface area contributed by atoms with E-state index in [2.05, 4.69) is 11.0 Å². The molecule has 0 spiro atoms. The highest BCUT2D eigenvalue weighted by Crippen LogP contribution is 2.27. The van der Waals surface area contributed by atoms with Crippen LogP contribution in [0.25, 0.3) is 0 Å². The quantitative estimate of drug-likeness (QED) is 0.688. The molecule has 0 bridgehead atoms. The maximum atomic E-state index is 12.8. The van der Waals surface area contributed by atoms with Crippen molar-refractivity contribution in [2.45, 2.75) is 19.3 Å². The van der Waals surface area contributed by atoms with Crippen LogP contribution in [-0.2, 0) is 26.0 Å². The Kier molecular flexibility index (Phi) is 6.86. The summed E-state index contributed by atoms with van der Waals surface area (Å²) in [6.07, 6.45) is 3.34. The minimum Gasteiger partial charge on any atom is -0.379 e. The number of hydrogen-bond acceptors (Lipinski definition) is 5. The van der Waals surface area contributed by atoms with Gasteiger partial charge in [0.1, 0.15) is 0 Å². The second kappa shape index (κ2) is 9.14. The van der Waals surface area contributed by atoms with Crippen LogP contribution in [0.1, 0.15) is 18.4 Å². The largest absolute Gasteiger partial charge is 0.379 e. The number of carbonyl (C=O) groups excluding carboxylic acids is 1. The summed E-state index contributed by atoms with van der Waals surface area (Å²) < 4.78 is 31.1. The molecule has 0 unspecified atom stereocenters. The third-order valence-corrected chi connectivity index (χ3v) is 6.53. The van der Waals surface area contributed by atoms with Gasteiger partial charge < -0.3 is 9.64 Å². The van der Waals surface area contributed by atoms with E-state index >= 15 is 0 Å². The molecular formula is C19H29N3O4S. The number of para-hydroxylation sites is 1. The fraction of sp³-hybridized carbons (Fsp3) is 0.632. The second-order valence-corrected chi connectivity index (χ2v) is 9.13. The van der Waals surface area contributed by atoms with Crippen LogP contribution in [0, 0.1) is 0 Å². The van der Waals surface area contributed by atoms with Crippen LogP contribution >= 0.6 is 0 Å². The lowest BCUT2D eigenvalue weighted by atomic mass is 10.0. The monoisotopic (exact) mass is 395 g/mol. The molecule has 2 aliphatic heterocycles. The van der Waals surface area contributed by atoms with Gasteiger partial charge in [0.05, 0.1) is 19.5 Å². The predicted molar refractivity (Wildman–Crippen MR) is 105 cm³/mol. The van der Waals surface area contributed by atoms with Gasteiger partial charge in [-0.15, -0.1) is 0 Å². The topological polar surface area (TPSA) is 70.2 Å². The molecule has 0 radical (unpaired) electrons. The number of rotatable bonds is 7. The zero-order valence-corrected chi connectivity index (χ0v) is 16.8. The van der Waals surface area contributed by atoms with Gasteiger partial charge in [0.25, 0.3) is 0 Å². The summed E-state index contributed by atoms with van der Waals surface area (Å²) in [6, 6.07) is 7.96. The van der Waals surface area contributed by atoms with E-state index in [-0.39, 0.29) is 18.9 Å². The van der Waals surface area contributed by atoms with Gasteiger partial charge in [-0.1, -0.05) is 18.2 Å². The number of carbonyl (C=O) groups is 1. The molecule has 0 aliphatic carbocycles. The van der Waals surface area contributed by atoms with E-state index in [1.807, 2.05) is 18.2 Å². The molecule has 2 aliphatic rings. The molecule has 3 rings (SSSR count). The first-order chi connectivity index (χ1) is 12.9. The molecule has 1 saturated heterocycles. The zero-order valence-electron chi connectivity index (χ0n) is 16.0. The maximum absolute atomic E-state index is 12.8. The third kappa shape index (κ3) is 5.51. The number of fused-ring (bicyclic) bond motifs is 1. The Balaban J connectivity index is 1.57. The molecule has 0 N–H and O–H groups in total. The standard InChI is InChI=1S/C19H29N3O4S/c1-27(24,25)21(12-11-20-13-15-26-16-14-20)10-8-19(23)22-9-4-6-17-5-2-3-7-18(17)22/h2-3,5,7H,4,6,8-16H2,1H3. The normalized spacial score (nSPS) is 18.5. The van der Waals surface area contributed by atoms with E-state index in [0.29, 0.717) is 32.8 Å². The number of amides is 1. The van der Waals surface area contributed by atoms with Crippen molar-refractivity contribution in [3.63, 3.8) is 0 Å². The molecule has 1 aromatic rings. The van der Waals surface area contributed by atoms with Crippen molar-refractivity contribution >= 4 is 21.6 Å². The Morgan fingerprint density at radius 1 is 1.15 bits per heavy atom. The van der Waals surface area contributed by atoms with E-state index in [9.17, 15) is 13.2 Å². The summed E-state index contributed by atoms with van der Waals surface area (Å²) >= 11 is 0. The number of morpholine rings is 1. The van der Waals surface area contributed by atoms with Gasteiger partial charge in [0.15, 0.2) is 0 Å². The van der Waals surface area contributed by atoms with Crippen LogP contribution in [0.5, 0.6) is 0 Å². The number of anilines is 1. The van der Waals surface area contributed by atoms with Gasteiger partial charge in [-0.2, -0.15) is 0 Å². The van der Waals surface area contributed by atoms with Gasteiger partial charge in [0, 0.05) is 51.4 Å². The average Bonchev–Trinajstić information content (AvgIpc) is 2.67. The summed E-state index contributed by atoms with van der Waals surface area (Å²) in [5.74, 6) is -0.0119. The highest BCUT2D eigenvalue weighted by molar-refractivity contribution is 7.88. The molecule has 0 aromatic heterocycles. The molecule has 2 heterocycles. The molecule has 1 amide bonds. The van der Waals surface area contributed by atoms with E-state index in [1.165, 1.54) is 16.1 Å². The van der Waals surface area contributed by atoms with Crippen LogP contribution in [0.3, 0.4) is 0 Å². The highest BCUT2D eigenvalue weighted by atomic mass is 32.2. The lowest BCUT2D eigenvalue weighted by Gasteiger charge is -2.31. The summed E-state index contributed by atoms with van der Waals surface area (Å²) in [5, 5.41) is 0. The molecule has 150 valence electrons. The van der Waals surface area contributed by atoms with Crippen molar-refractivity contribution < 1.29 is 17.9 Å². The number of ether oxygens (including phenoxy) is 1. The molecule has 27 heavy (non-hydrogen) atoms. The Morgan fingerprint density at radius 3 is 2.63 bits per heavy atom. The van der Waals surface area contributed by atoms with Crippen LogP contribution in [0.2, 0.25) is 0 Å². The van der Waals surface area contributed by atoms with Gasteiger partial charge in [-0.25, -0.2) is 12.7 Å². The van der Waals surface area contributed by atoms with Crippen LogP contribution in [-0.4, -0.2) is 82.3 Å². The fourth-order valence-corrected chi connectivity index (χ4v) is 4.51. The number of nitrogens with zero attached hydrogens (tertiary/aromatic N) is 3. The molecular weight excluding hydrogens is 366 g/mol. The number of benzene rings is 1. The molecule has 0 saturated carbocycles. The average molecular weight is 396 g/mol. The van der Waals surface area contributed by atoms with E-state index in [0.717, 1.165) is 31.6 Å². The second-order valence-electron chi connectivity index (χ2n) is 7.14. The molecule has 1 aromatic carbocycles. The Bertz CT molecular complexity index is 747. The fourth-order valence-electron chi connectivity index (χ4n) is 3.67. The van der Waals surface area contributed by atoms with Crippen molar-refractivity contribution in [3.05, 3.63) is 29.8 Å². The van der Waals surface area contributed by atoms with E-state index in [4.69, 9.17) is 4.74 Å². The molecule has 7 nitrogen and oxygen atoms in total. The van der Waals surface area contributed by atoms with Gasteiger partial charge in [0.2, 0.25) is 15.9 Å². The number of sulfonamides is 1. The van der Waals surface area contributed by atoms with Crippen LogP contribution < -0.4 is 4.90 Å². The molecule has 0 atom stereocenters. The molecule has 1 fully saturated rings. The van der Waals surface area contributed by atoms with Gasteiger partial charge >= 0.3 is 0 Å². The molecule has 8 heteroatoms. The van der Waals surface area contributed by atoms with Crippen LogP contribution in [0.15, 0.2) is 24.3 Å². The first kappa shape index (κ1) is 20.3. The van der Waals surface area contributed by atoms with Crippen molar-refractivity contribution in [1.29, 1.82) is 0 Å². The Morgan fingerprint density at radius 2 is 1.89 bits per heavy atom. The maximum Gasteiger partial charge on any atom is 0.228 e. The van der Waals surface area contributed by atoms with E-state index < -0.39 is 10.0 Å². The predicted octanol–water partition coefficient (Wildman–Crippen LogP) is 0.950. The van der Waals surface area contributed by atoms with Gasteiger partial charge in [-0.05, 0) is 24.5 Å². The lowest BCUT2D eigenvalue weighted by molar-refractivity contribution is -0.118. The third-order valence-electron chi connectivity index (χ3n) is 5.22. The van der Waals surface area contributed by atoms with Crippen molar-refractivity contribution in [2.75, 3.05) is 63.6 Å². The van der Waals surface area contributed by atoms with Crippen molar-refractivity contribution in [1.82, 2.24) is 9.21 Å². The van der Waals surface area contributed by atoms with E-state index in [1.54, 1.807) is 4.90 Å². The van der Waals surface area contributed by atoms with Crippen molar-refractivity contribution in [2.24, 2.45) is 0 Å². The SMILES string of the molecule is CS(=O)(=O)N(CCC(=O)N1CCCc2ccccc21)CCN1CCOCC1. The minimum atomic E-state index is -3.35. The lowest BCUT2D eigenvalue weighted by Crippen LogP contribution is -2.44. The first-order valence-electron chi connectivity index (χ1n) is 9.58. The number of hydrogen-bond donors (Lipinski definition) is 0. The number of aryl methyl sites for hydroxylation is 1. The summed E-state index contributed by atoms with van der Waals surface area (Å²) in [5.41, 5.74) is 2.15. The summed E-state index contributed by atoms with van der Waals surface area (Å²) in [6.45, 7) is 5.00. The minimum absolute atomic E-state index is 0.0119. The summed E-state index contributed by atoms with van der Waals surface area (Å²) in [7, 11) is -3.35.